The summed E-state index contributed by atoms with van der Waals surface area (Å²) in [6, 6.07) is 10.8. The number of sulfonamides is 1. The summed E-state index contributed by atoms with van der Waals surface area (Å²) >= 11 is 4.47. The summed E-state index contributed by atoms with van der Waals surface area (Å²) in [7, 11) is -4.22. The van der Waals surface area contributed by atoms with E-state index in [0.29, 0.717) is 0 Å². The number of rotatable bonds is 5. The van der Waals surface area contributed by atoms with E-state index in [1.54, 1.807) is 0 Å². The van der Waals surface area contributed by atoms with E-state index in [9.17, 15) is 21.6 Å². The standard InChI is InChI=1S/C16H11BrF3NO3S2/c17-11-5-6-15(13(7-11)24-16(18,19)20)26(22,23)21-8-10-9-25-14-4-2-1-3-12(10)14/h1-7,9,21H,8H2. The van der Waals surface area contributed by atoms with Gasteiger partial charge in [-0.2, -0.15) is 0 Å². The van der Waals surface area contributed by atoms with Crippen molar-refractivity contribution in [1.82, 2.24) is 4.72 Å². The van der Waals surface area contributed by atoms with Gasteiger partial charge >= 0.3 is 6.36 Å². The van der Waals surface area contributed by atoms with Crippen LogP contribution >= 0.6 is 27.3 Å². The molecule has 0 saturated heterocycles. The lowest BCUT2D eigenvalue weighted by atomic mass is 10.2. The molecule has 0 aliphatic rings. The van der Waals surface area contributed by atoms with Gasteiger partial charge in [-0.15, -0.1) is 24.5 Å². The van der Waals surface area contributed by atoms with Crippen LogP contribution in [-0.2, 0) is 16.6 Å². The minimum absolute atomic E-state index is 0.0477. The molecule has 1 aromatic heterocycles. The number of hydrogen-bond acceptors (Lipinski definition) is 4. The van der Waals surface area contributed by atoms with Crippen LogP contribution in [0.25, 0.3) is 10.1 Å². The molecule has 2 aromatic carbocycles. The highest BCUT2D eigenvalue weighted by Crippen LogP contribution is 2.32. The molecule has 0 aliphatic carbocycles. The predicted molar refractivity (Wildman–Crippen MR) is 96.7 cm³/mol. The van der Waals surface area contributed by atoms with Crippen molar-refractivity contribution in [2.75, 3.05) is 0 Å². The number of halogens is 4. The summed E-state index contributed by atoms with van der Waals surface area (Å²) in [6.07, 6.45) is -5.01. The lowest BCUT2D eigenvalue weighted by Crippen LogP contribution is -2.25. The Labute approximate surface area is 159 Å². The van der Waals surface area contributed by atoms with Crippen LogP contribution in [0.2, 0.25) is 0 Å². The van der Waals surface area contributed by atoms with Crippen LogP contribution in [0.3, 0.4) is 0 Å². The predicted octanol–water partition coefficient (Wildman–Crippen LogP) is 5.04. The molecule has 0 aliphatic heterocycles. The van der Waals surface area contributed by atoms with E-state index in [0.717, 1.165) is 27.8 Å². The Morgan fingerprint density at radius 1 is 1.15 bits per heavy atom. The molecule has 0 saturated carbocycles. The summed E-state index contributed by atoms with van der Waals surface area (Å²) in [5.74, 6) is -0.797. The maximum atomic E-state index is 12.6. The molecule has 0 amide bonds. The van der Waals surface area contributed by atoms with Gasteiger partial charge in [0.05, 0.1) is 0 Å². The van der Waals surface area contributed by atoms with Gasteiger partial charge in [-0.3, -0.25) is 0 Å². The summed E-state index contributed by atoms with van der Waals surface area (Å²) in [6.45, 7) is -0.0477. The third-order valence-electron chi connectivity index (χ3n) is 3.43. The van der Waals surface area contributed by atoms with E-state index < -0.39 is 27.0 Å². The van der Waals surface area contributed by atoms with Crippen LogP contribution in [0.4, 0.5) is 13.2 Å². The van der Waals surface area contributed by atoms with Crippen LogP contribution in [0.15, 0.2) is 57.2 Å². The van der Waals surface area contributed by atoms with E-state index in [1.165, 1.54) is 17.4 Å². The quantitative estimate of drug-likeness (QED) is 0.574. The Bertz CT molecular complexity index is 1050. The Kier molecular flexibility index (Phi) is 5.29. The number of thiophene rings is 1. The Morgan fingerprint density at radius 2 is 1.88 bits per heavy atom. The van der Waals surface area contributed by atoms with Crippen molar-refractivity contribution in [1.29, 1.82) is 0 Å². The number of benzene rings is 2. The number of hydrogen-bond donors (Lipinski definition) is 1. The molecule has 0 unspecified atom stereocenters. The van der Waals surface area contributed by atoms with Crippen LogP contribution in [0.1, 0.15) is 5.56 Å². The summed E-state index contributed by atoms with van der Waals surface area (Å²) < 4.78 is 70.2. The molecule has 1 heterocycles. The third kappa shape index (κ3) is 4.37. The molecule has 3 rings (SSSR count). The summed E-state index contributed by atoms with van der Waals surface area (Å²) in [5, 5.41) is 2.70. The molecule has 26 heavy (non-hydrogen) atoms. The maximum absolute atomic E-state index is 12.6. The van der Waals surface area contributed by atoms with Gasteiger partial charge in [-0.25, -0.2) is 13.1 Å². The number of nitrogens with one attached hydrogen (secondary N) is 1. The minimum Gasteiger partial charge on any atom is -0.404 e. The number of ether oxygens (including phenoxy) is 1. The van der Waals surface area contributed by atoms with Crippen LogP contribution in [-0.4, -0.2) is 14.8 Å². The molecule has 0 atom stereocenters. The van der Waals surface area contributed by atoms with Gasteiger partial charge in [0, 0.05) is 15.7 Å². The lowest BCUT2D eigenvalue weighted by molar-refractivity contribution is -0.275. The monoisotopic (exact) mass is 465 g/mol. The number of fused-ring (bicyclic) bond motifs is 1. The molecule has 138 valence electrons. The minimum atomic E-state index is -5.01. The molecule has 10 heteroatoms. The van der Waals surface area contributed by atoms with Crippen molar-refractivity contribution in [2.24, 2.45) is 0 Å². The van der Waals surface area contributed by atoms with Crippen molar-refractivity contribution < 1.29 is 26.3 Å². The highest BCUT2D eigenvalue weighted by atomic mass is 79.9. The smallest absolute Gasteiger partial charge is 0.404 e. The van der Waals surface area contributed by atoms with Crippen molar-refractivity contribution >= 4 is 47.4 Å². The molecule has 3 aromatic rings. The molecular formula is C16H11BrF3NO3S2. The van der Waals surface area contributed by atoms with Crippen molar-refractivity contribution in [3.63, 3.8) is 0 Å². The van der Waals surface area contributed by atoms with Crippen LogP contribution < -0.4 is 9.46 Å². The van der Waals surface area contributed by atoms with Crippen molar-refractivity contribution in [3.8, 4) is 5.75 Å². The average Bonchev–Trinajstić information content (AvgIpc) is 2.94. The topological polar surface area (TPSA) is 55.4 Å². The fourth-order valence-corrected chi connectivity index (χ4v) is 4.75. The summed E-state index contributed by atoms with van der Waals surface area (Å²) in [4.78, 5) is -0.586. The van der Waals surface area contributed by atoms with Crippen LogP contribution in [0, 0.1) is 0 Å². The third-order valence-corrected chi connectivity index (χ3v) is 6.38. The zero-order valence-electron chi connectivity index (χ0n) is 12.9. The molecule has 0 radical (unpaired) electrons. The largest absolute Gasteiger partial charge is 0.573 e. The van der Waals surface area contributed by atoms with Crippen molar-refractivity contribution in [2.45, 2.75) is 17.8 Å². The van der Waals surface area contributed by atoms with E-state index in [1.807, 2.05) is 29.6 Å². The first-order valence-corrected chi connectivity index (χ1v) is 10.3. The molecule has 0 spiro atoms. The second kappa shape index (κ2) is 7.18. The van der Waals surface area contributed by atoms with E-state index >= 15 is 0 Å². The second-order valence-corrected chi connectivity index (χ2v) is 8.78. The fraction of sp³-hybridized carbons (Fsp3) is 0.125. The van der Waals surface area contributed by atoms with E-state index in [2.05, 4.69) is 25.4 Å². The van der Waals surface area contributed by atoms with E-state index in [4.69, 9.17) is 0 Å². The van der Waals surface area contributed by atoms with Crippen LogP contribution in [0.5, 0.6) is 5.75 Å². The van der Waals surface area contributed by atoms with Gasteiger partial charge in [-0.1, -0.05) is 34.1 Å². The Hall–Kier alpha value is -1.62. The average molecular weight is 466 g/mol. The zero-order chi connectivity index (χ0) is 18.9. The maximum Gasteiger partial charge on any atom is 0.573 e. The Balaban J connectivity index is 1.88. The normalized spacial score (nSPS) is 12.5. The lowest BCUT2D eigenvalue weighted by Gasteiger charge is -2.14. The first-order valence-electron chi connectivity index (χ1n) is 7.16. The van der Waals surface area contributed by atoms with Crippen molar-refractivity contribution in [3.05, 3.63) is 57.9 Å². The van der Waals surface area contributed by atoms with Gasteiger partial charge in [0.1, 0.15) is 4.90 Å². The zero-order valence-corrected chi connectivity index (χ0v) is 16.1. The Morgan fingerprint density at radius 3 is 2.62 bits per heavy atom. The highest BCUT2D eigenvalue weighted by Gasteiger charge is 2.34. The summed E-state index contributed by atoms with van der Waals surface area (Å²) in [5.41, 5.74) is 0.740. The number of alkyl halides is 3. The fourth-order valence-electron chi connectivity index (χ4n) is 2.33. The molecule has 4 nitrogen and oxygen atoms in total. The van der Waals surface area contributed by atoms with E-state index in [-0.39, 0.29) is 11.0 Å². The first-order chi connectivity index (χ1) is 12.2. The van der Waals surface area contributed by atoms with Gasteiger partial charge in [0.25, 0.3) is 0 Å². The molecule has 0 fully saturated rings. The SMILES string of the molecule is O=S(=O)(NCc1csc2ccccc12)c1ccc(Br)cc1OC(F)(F)F. The van der Waals surface area contributed by atoms with Gasteiger partial charge in [-0.05, 0) is 40.6 Å². The molecular weight excluding hydrogens is 455 g/mol. The van der Waals surface area contributed by atoms with Gasteiger partial charge in [0.2, 0.25) is 10.0 Å². The first kappa shape index (κ1) is 19.2. The van der Waals surface area contributed by atoms with Gasteiger partial charge in [0.15, 0.2) is 5.75 Å². The molecule has 1 N–H and O–H groups in total. The van der Waals surface area contributed by atoms with Gasteiger partial charge < -0.3 is 4.74 Å². The molecule has 0 bridgehead atoms. The highest BCUT2D eigenvalue weighted by molar-refractivity contribution is 9.10. The second-order valence-electron chi connectivity index (χ2n) is 5.22.